The van der Waals surface area contributed by atoms with Crippen LogP contribution in [0.1, 0.15) is 0 Å². The Morgan fingerprint density at radius 1 is 0.893 bits per heavy atom. The molecule has 0 bridgehead atoms. The number of rotatable bonds is 3. The van der Waals surface area contributed by atoms with Gasteiger partial charge in [0.15, 0.2) is 0 Å². The van der Waals surface area contributed by atoms with Crippen molar-refractivity contribution < 1.29 is 9.15 Å². The van der Waals surface area contributed by atoms with Crippen LogP contribution in [0.15, 0.2) is 77.5 Å². The molecule has 0 atom stereocenters. The van der Waals surface area contributed by atoms with Gasteiger partial charge in [-0.2, -0.15) is 0 Å². The highest BCUT2D eigenvalue weighted by molar-refractivity contribution is 6.11. The number of aromatic nitrogens is 2. The first kappa shape index (κ1) is 16.3. The molecule has 0 aliphatic heterocycles. The second kappa shape index (κ2) is 6.39. The molecule has 5 heteroatoms. The van der Waals surface area contributed by atoms with Crippen molar-refractivity contribution in [3.05, 3.63) is 73.1 Å². The number of ether oxygens (including phenoxy) is 1. The zero-order chi connectivity index (χ0) is 19.1. The van der Waals surface area contributed by atoms with Crippen LogP contribution in [0.5, 0.6) is 5.75 Å². The maximum atomic E-state index is 6.24. The van der Waals surface area contributed by atoms with Crippen LogP contribution in [0.2, 0.25) is 0 Å². The van der Waals surface area contributed by atoms with E-state index in [0.29, 0.717) is 17.3 Å². The molecule has 136 valence electrons. The summed E-state index contributed by atoms with van der Waals surface area (Å²) in [5.74, 6) is 1.89. The minimum absolute atomic E-state index is 0.399. The molecule has 2 heterocycles. The van der Waals surface area contributed by atoms with Gasteiger partial charge in [0, 0.05) is 11.1 Å². The van der Waals surface area contributed by atoms with Gasteiger partial charge < -0.3 is 14.9 Å². The molecule has 0 aliphatic rings. The van der Waals surface area contributed by atoms with Gasteiger partial charge in [0.05, 0.1) is 12.5 Å². The van der Waals surface area contributed by atoms with E-state index < -0.39 is 0 Å². The Hall–Kier alpha value is -3.86. The number of furan rings is 1. The van der Waals surface area contributed by atoms with E-state index >= 15 is 0 Å². The standard InChI is InChI=1S/C23H17N3O2/c1-27-16-11-9-15(10-12-16)21-19(20-22(24)25-13-26-23(20)28-21)18-8-4-6-14-5-2-3-7-17(14)18/h2-13H,1H3,(H2,24,25,26). The Morgan fingerprint density at radius 3 is 2.50 bits per heavy atom. The van der Waals surface area contributed by atoms with E-state index in [9.17, 15) is 0 Å². The third-order valence-electron chi connectivity index (χ3n) is 4.93. The summed E-state index contributed by atoms with van der Waals surface area (Å²) in [5.41, 5.74) is 9.57. The molecular weight excluding hydrogens is 350 g/mol. The highest BCUT2D eigenvalue weighted by Crippen LogP contribution is 2.44. The first-order valence-corrected chi connectivity index (χ1v) is 8.92. The van der Waals surface area contributed by atoms with E-state index in [2.05, 4.69) is 34.2 Å². The third-order valence-corrected chi connectivity index (χ3v) is 4.93. The highest BCUT2D eigenvalue weighted by atomic mass is 16.5. The fourth-order valence-corrected chi connectivity index (χ4v) is 3.60. The smallest absolute Gasteiger partial charge is 0.232 e. The highest BCUT2D eigenvalue weighted by Gasteiger charge is 2.22. The molecule has 0 saturated carbocycles. The molecule has 3 aromatic carbocycles. The Morgan fingerprint density at radius 2 is 1.68 bits per heavy atom. The summed E-state index contributed by atoms with van der Waals surface area (Å²) in [5, 5.41) is 2.99. The minimum atomic E-state index is 0.399. The molecule has 5 aromatic rings. The molecule has 0 unspecified atom stereocenters. The summed E-state index contributed by atoms with van der Waals surface area (Å²) < 4.78 is 11.5. The van der Waals surface area contributed by atoms with Gasteiger partial charge in [0.25, 0.3) is 0 Å². The Labute approximate surface area is 161 Å². The van der Waals surface area contributed by atoms with E-state index in [1.165, 1.54) is 6.33 Å². The molecule has 2 aromatic heterocycles. The quantitative estimate of drug-likeness (QED) is 0.468. The van der Waals surface area contributed by atoms with Gasteiger partial charge in [-0.1, -0.05) is 42.5 Å². The van der Waals surface area contributed by atoms with Crippen molar-refractivity contribution in [3.63, 3.8) is 0 Å². The lowest BCUT2D eigenvalue weighted by Gasteiger charge is -2.09. The van der Waals surface area contributed by atoms with Crippen molar-refractivity contribution in [2.24, 2.45) is 0 Å². The molecule has 5 nitrogen and oxygen atoms in total. The van der Waals surface area contributed by atoms with E-state index in [1.54, 1.807) is 7.11 Å². The van der Waals surface area contributed by atoms with Gasteiger partial charge in [0.2, 0.25) is 5.71 Å². The fourth-order valence-electron chi connectivity index (χ4n) is 3.60. The molecule has 28 heavy (non-hydrogen) atoms. The summed E-state index contributed by atoms with van der Waals surface area (Å²) in [4.78, 5) is 8.50. The van der Waals surface area contributed by atoms with Gasteiger partial charge >= 0.3 is 0 Å². The van der Waals surface area contributed by atoms with Crippen LogP contribution in [-0.2, 0) is 0 Å². The lowest BCUT2D eigenvalue weighted by molar-refractivity contribution is 0.415. The predicted molar refractivity (Wildman–Crippen MR) is 111 cm³/mol. The molecule has 0 fully saturated rings. The Balaban J connectivity index is 1.88. The number of nitrogen functional groups attached to an aromatic ring is 1. The molecule has 0 spiro atoms. The second-order valence-electron chi connectivity index (χ2n) is 6.50. The molecule has 0 radical (unpaired) electrons. The molecule has 0 aliphatic carbocycles. The number of benzene rings is 3. The molecule has 2 N–H and O–H groups in total. The molecule has 5 rings (SSSR count). The topological polar surface area (TPSA) is 74.2 Å². The van der Waals surface area contributed by atoms with Crippen molar-refractivity contribution in [1.29, 1.82) is 0 Å². The normalized spacial score (nSPS) is 11.2. The summed E-state index contributed by atoms with van der Waals surface area (Å²) in [6, 6.07) is 22.2. The number of fused-ring (bicyclic) bond motifs is 2. The predicted octanol–water partition coefficient (Wildman–Crippen LogP) is 5.30. The number of nitrogens with zero attached hydrogens (tertiary/aromatic N) is 2. The van der Waals surface area contributed by atoms with Crippen LogP contribution < -0.4 is 10.5 Å². The summed E-state index contributed by atoms with van der Waals surface area (Å²) >= 11 is 0. The minimum Gasteiger partial charge on any atom is -0.497 e. The number of anilines is 1. The number of nitrogens with two attached hydrogens (primary N) is 1. The van der Waals surface area contributed by atoms with E-state index in [1.807, 2.05) is 42.5 Å². The average Bonchev–Trinajstić information content (AvgIpc) is 3.14. The monoisotopic (exact) mass is 367 g/mol. The van der Waals surface area contributed by atoms with Gasteiger partial charge in [0.1, 0.15) is 23.7 Å². The number of hydrogen-bond acceptors (Lipinski definition) is 5. The van der Waals surface area contributed by atoms with Crippen LogP contribution >= 0.6 is 0 Å². The second-order valence-corrected chi connectivity index (χ2v) is 6.50. The first-order valence-electron chi connectivity index (χ1n) is 8.92. The van der Waals surface area contributed by atoms with Gasteiger partial charge in [-0.05, 0) is 40.6 Å². The van der Waals surface area contributed by atoms with Crippen LogP contribution in [0.3, 0.4) is 0 Å². The van der Waals surface area contributed by atoms with Crippen molar-refractivity contribution in [3.8, 4) is 28.2 Å². The zero-order valence-corrected chi connectivity index (χ0v) is 15.2. The van der Waals surface area contributed by atoms with Gasteiger partial charge in [-0.25, -0.2) is 9.97 Å². The largest absolute Gasteiger partial charge is 0.497 e. The SMILES string of the molecule is COc1ccc(-c2oc3ncnc(N)c3c2-c2cccc3ccccc23)cc1. The van der Waals surface area contributed by atoms with Crippen molar-refractivity contribution in [2.45, 2.75) is 0 Å². The van der Waals surface area contributed by atoms with E-state index in [0.717, 1.165) is 38.6 Å². The van der Waals surface area contributed by atoms with Crippen LogP contribution in [0, 0.1) is 0 Å². The van der Waals surface area contributed by atoms with Crippen LogP contribution in [0.25, 0.3) is 44.3 Å². The van der Waals surface area contributed by atoms with Crippen molar-refractivity contribution in [2.75, 3.05) is 12.8 Å². The Bertz CT molecular complexity index is 1300. The molecular formula is C23H17N3O2. The van der Waals surface area contributed by atoms with E-state index in [4.69, 9.17) is 14.9 Å². The average molecular weight is 367 g/mol. The lowest BCUT2D eigenvalue weighted by atomic mass is 9.94. The number of hydrogen-bond donors (Lipinski definition) is 1. The van der Waals surface area contributed by atoms with Crippen molar-refractivity contribution >= 4 is 27.7 Å². The number of methoxy groups -OCH3 is 1. The summed E-state index contributed by atoms with van der Waals surface area (Å²) in [7, 11) is 1.65. The maximum Gasteiger partial charge on any atom is 0.232 e. The van der Waals surface area contributed by atoms with Gasteiger partial charge in [-0.3, -0.25) is 0 Å². The molecule has 0 amide bonds. The summed E-state index contributed by atoms with van der Waals surface area (Å²) in [6.45, 7) is 0. The van der Waals surface area contributed by atoms with Gasteiger partial charge in [-0.15, -0.1) is 0 Å². The molecule has 0 saturated heterocycles. The Kier molecular flexibility index (Phi) is 3.72. The zero-order valence-electron chi connectivity index (χ0n) is 15.2. The van der Waals surface area contributed by atoms with E-state index in [-0.39, 0.29) is 0 Å². The maximum absolute atomic E-state index is 6.24. The third kappa shape index (κ3) is 2.48. The first-order chi connectivity index (χ1) is 13.8. The summed E-state index contributed by atoms with van der Waals surface area (Å²) in [6.07, 6.45) is 1.42. The fraction of sp³-hybridized carbons (Fsp3) is 0.0435. The van der Waals surface area contributed by atoms with Crippen LogP contribution in [0.4, 0.5) is 5.82 Å². The van der Waals surface area contributed by atoms with Crippen molar-refractivity contribution in [1.82, 2.24) is 9.97 Å². The van der Waals surface area contributed by atoms with Crippen LogP contribution in [-0.4, -0.2) is 17.1 Å². The lowest BCUT2D eigenvalue weighted by Crippen LogP contribution is -1.93.